The number of halogens is 6. The van der Waals surface area contributed by atoms with Crippen LogP contribution in [0, 0.1) is 11.3 Å². The number of carbonyl (C=O) groups is 3. The van der Waals surface area contributed by atoms with Crippen molar-refractivity contribution in [3.8, 4) is 5.88 Å². The number of likely N-dealkylation sites (tertiary alicyclic amines) is 2. The van der Waals surface area contributed by atoms with Crippen LogP contribution in [0.4, 0.5) is 26.3 Å². The fraction of sp³-hybridized carbons (Fsp3) is 0.652. The average molecular weight is 560 g/mol. The number of nitrogens with zero attached hydrogens (tertiary/aromatic N) is 3. The molecule has 3 rings (SSSR count). The summed E-state index contributed by atoms with van der Waals surface area (Å²) in [5.41, 5.74) is 1.03. The summed E-state index contributed by atoms with van der Waals surface area (Å²) in [4.78, 5) is 39.4. The maximum atomic E-state index is 12.9. The molecule has 2 fully saturated rings. The van der Waals surface area contributed by atoms with Gasteiger partial charge in [0, 0.05) is 31.4 Å². The Morgan fingerprint density at radius 2 is 1.50 bits per heavy atom. The molecule has 2 aliphatic heterocycles. The Morgan fingerprint density at radius 1 is 1.03 bits per heavy atom. The Hall–Kier alpha value is -3.10. The molecule has 38 heavy (non-hydrogen) atoms. The van der Waals surface area contributed by atoms with E-state index in [1.165, 1.54) is 0 Å². The van der Waals surface area contributed by atoms with E-state index in [1.54, 1.807) is 13.3 Å². The maximum Gasteiger partial charge on any atom is 0.490 e. The molecule has 0 unspecified atom stereocenters. The van der Waals surface area contributed by atoms with Gasteiger partial charge < -0.3 is 19.8 Å². The minimum Gasteiger partial charge on any atom is -0.481 e. The predicted molar refractivity (Wildman–Crippen MR) is 121 cm³/mol. The number of hydrogen-bond donors (Lipinski definition) is 2. The molecule has 15 heteroatoms. The van der Waals surface area contributed by atoms with Crippen molar-refractivity contribution in [3.05, 3.63) is 23.9 Å². The smallest absolute Gasteiger partial charge is 0.481 e. The van der Waals surface area contributed by atoms with E-state index in [2.05, 4.69) is 34.7 Å². The van der Waals surface area contributed by atoms with E-state index in [9.17, 15) is 31.1 Å². The van der Waals surface area contributed by atoms with Crippen LogP contribution in [-0.2, 0) is 20.9 Å². The molecule has 216 valence electrons. The van der Waals surface area contributed by atoms with Crippen molar-refractivity contribution in [2.24, 2.45) is 11.3 Å². The molecule has 0 saturated carbocycles. The van der Waals surface area contributed by atoms with Crippen LogP contribution in [0.5, 0.6) is 5.88 Å². The van der Waals surface area contributed by atoms with Crippen molar-refractivity contribution < 1.29 is 55.7 Å². The largest absolute Gasteiger partial charge is 0.490 e. The first kappa shape index (κ1) is 32.9. The lowest BCUT2D eigenvalue weighted by Gasteiger charge is -2.38. The number of hydrogen-bond acceptors (Lipinski definition) is 6. The summed E-state index contributed by atoms with van der Waals surface area (Å²) < 4.78 is 68.8. The third-order valence-corrected chi connectivity index (χ3v) is 5.92. The lowest BCUT2D eigenvalue weighted by molar-refractivity contribution is -0.193. The van der Waals surface area contributed by atoms with Crippen molar-refractivity contribution >= 4 is 17.8 Å². The van der Waals surface area contributed by atoms with Crippen LogP contribution >= 0.6 is 0 Å². The van der Waals surface area contributed by atoms with Gasteiger partial charge in [0.25, 0.3) is 0 Å². The number of methoxy groups -OCH3 is 1. The van der Waals surface area contributed by atoms with Gasteiger partial charge >= 0.3 is 24.3 Å². The molecule has 9 nitrogen and oxygen atoms in total. The highest BCUT2D eigenvalue weighted by atomic mass is 19.4. The van der Waals surface area contributed by atoms with Crippen molar-refractivity contribution in [3.63, 3.8) is 0 Å². The minimum absolute atomic E-state index is 0.0928. The molecule has 2 N–H and O–H groups in total. The van der Waals surface area contributed by atoms with E-state index in [4.69, 9.17) is 24.5 Å². The Balaban J connectivity index is 0.000000426. The van der Waals surface area contributed by atoms with E-state index in [1.807, 2.05) is 6.07 Å². The van der Waals surface area contributed by atoms with Crippen molar-refractivity contribution in [1.29, 1.82) is 0 Å². The van der Waals surface area contributed by atoms with Crippen molar-refractivity contribution in [2.45, 2.75) is 52.0 Å². The number of carboxylic acid groups (broad SMARTS) is 2. The standard InChI is InChI=1S/C19H29N3O2.2C2HF3O2/c1-15(2)13-22-12-8-19(18(22)23)6-10-21(11-7-19)14-16-5-4-9-20-17(16)24-3;2*3-2(4,5)1(6)7/h4-5,9,15H,6-8,10-14H2,1-3H3;2*(H,6,7). The van der Waals surface area contributed by atoms with Gasteiger partial charge in [0.15, 0.2) is 0 Å². The molecule has 1 aromatic rings. The summed E-state index contributed by atoms with van der Waals surface area (Å²) in [6.45, 7) is 8.99. The van der Waals surface area contributed by atoms with E-state index in [0.29, 0.717) is 17.7 Å². The Morgan fingerprint density at radius 3 is 1.92 bits per heavy atom. The number of aliphatic carboxylic acids is 2. The first-order valence-corrected chi connectivity index (χ1v) is 11.5. The summed E-state index contributed by atoms with van der Waals surface area (Å²) in [5, 5.41) is 14.2. The predicted octanol–water partition coefficient (Wildman–Crippen LogP) is 3.83. The molecule has 2 saturated heterocycles. The number of aromatic nitrogens is 1. The zero-order valence-electron chi connectivity index (χ0n) is 21.1. The summed E-state index contributed by atoms with van der Waals surface area (Å²) in [6, 6.07) is 4.02. The van der Waals surface area contributed by atoms with Gasteiger partial charge in [-0.15, -0.1) is 0 Å². The van der Waals surface area contributed by atoms with Crippen molar-refractivity contribution in [2.75, 3.05) is 33.3 Å². The average Bonchev–Trinajstić information content (AvgIpc) is 3.10. The number of ether oxygens (including phenoxy) is 1. The molecule has 1 aromatic heterocycles. The third-order valence-electron chi connectivity index (χ3n) is 5.92. The number of carbonyl (C=O) groups excluding carboxylic acids is 1. The number of pyridine rings is 1. The van der Waals surface area contributed by atoms with Crippen LogP contribution in [-0.4, -0.2) is 88.5 Å². The van der Waals surface area contributed by atoms with Crippen LogP contribution in [0.2, 0.25) is 0 Å². The SMILES string of the molecule is COc1ncccc1CN1CCC2(CC1)CCN(CC(C)C)C2=O.O=C(O)C(F)(F)F.O=C(O)C(F)(F)F. The number of rotatable bonds is 5. The second-order valence-electron chi connectivity index (χ2n) is 9.23. The summed E-state index contributed by atoms with van der Waals surface area (Å²) in [5.74, 6) is -3.87. The molecule has 2 aliphatic rings. The molecule has 3 heterocycles. The summed E-state index contributed by atoms with van der Waals surface area (Å²) in [7, 11) is 1.66. The quantitative estimate of drug-likeness (QED) is 0.523. The zero-order valence-corrected chi connectivity index (χ0v) is 21.1. The highest BCUT2D eigenvalue weighted by molar-refractivity contribution is 5.85. The molecule has 1 spiro atoms. The van der Waals surface area contributed by atoms with Gasteiger partial charge in [0.2, 0.25) is 11.8 Å². The molecule has 0 aliphatic carbocycles. The van der Waals surface area contributed by atoms with Crippen LogP contribution in [0.3, 0.4) is 0 Å². The van der Waals surface area contributed by atoms with Crippen LogP contribution in [0.15, 0.2) is 18.3 Å². The third kappa shape index (κ3) is 9.99. The van der Waals surface area contributed by atoms with Gasteiger partial charge in [-0.2, -0.15) is 26.3 Å². The molecule has 0 radical (unpaired) electrons. The van der Waals surface area contributed by atoms with Crippen LogP contribution in [0.25, 0.3) is 0 Å². The Labute approximate surface area is 215 Å². The summed E-state index contributed by atoms with van der Waals surface area (Å²) in [6.07, 6.45) is -5.43. The topological polar surface area (TPSA) is 120 Å². The second-order valence-corrected chi connectivity index (χ2v) is 9.23. The fourth-order valence-corrected chi connectivity index (χ4v) is 4.08. The minimum atomic E-state index is -5.08. The number of amides is 1. The summed E-state index contributed by atoms with van der Waals surface area (Å²) >= 11 is 0. The van der Waals surface area contributed by atoms with Crippen LogP contribution in [0.1, 0.15) is 38.7 Å². The molecule has 0 atom stereocenters. The Kier molecular flexibility index (Phi) is 11.8. The van der Waals surface area contributed by atoms with Crippen molar-refractivity contribution in [1.82, 2.24) is 14.8 Å². The van der Waals surface area contributed by atoms with Crippen LogP contribution < -0.4 is 4.74 Å². The van der Waals surface area contributed by atoms with E-state index in [-0.39, 0.29) is 5.41 Å². The lowest BCUT2D eigenvalue weighted by atomic mass is 9.77. The molecular formula is C23H31F6N3O6. The first-order chi connectivity index (χ1) is 17.4. The fourth-order valence-electron chi connectivity index (χ4n) is 4.08. The van der Waals surface area contributed by atoms with Gasteiger partial charge in [0.1, 0.15) is 0 Å². The van der Waals surface area contributed by atoms with Gasteiger partial charge in [-0.3, -0.25) is 9.69 Å². The normalized spacial score (nSPS) is 17.4. The number of piperidine rings is 1. The highest BCUT2D eigenvalue weighted by Crippen LogP contribution is 2.42. The Bertz CT molecular complexity index is 922. The molecule has 0 bridgehead atoms. The molecule has 0 aromatic carbocycles. The zero-order chi connectivity index (χ0) is 29.3. The number of alkyl halides is 6. The second kappa shape index (κ2) is 13.6. The molecular weight excluding hydrogens is 528 g/mol. The van der Waals surface area contributed by atoms with E-state index < -0.39 is 24.3 Å². The highest BCUT2D eigenvalue weighted by Gasteiger charge is 2.48. The van der Waals surface area contributed by atoms with Gasteiger partial charge in [0.05, 0.1) is 12.5 Å². The monoisotopic (exact) mass is 559 g/mol. The lowest BCUT2D eigenvalue weighted by Crippen LogP contribution is -2.44. The maximum absolute atomic E-state index is 12.9. The first-order valence-electron chi connectivity index (χ1n) is 11.5. The van der Waals surface area contributed by atoms with Gasteiger partial charge in [-0.05, 0) is 44.3 Å². The van der Waals surface area contributed by atoms with E-state index in [0.717, 1.165) is 57.5 Å². The van der Waals surface area contributed by atoms with Gasteiger partial charge in [-0.1, -0.05) is 19.9 Å². The number of carboxylic acids is 2. The van der Waals surface area contributed by atoms with Gasteiger partial charge in [-0.25, -0.2) is 14.6 Å². The molecule has 1 amide bonds. The van der Waals surface area contributed by atoms with E-state index >= 15 is 0 Å².